The van der Waals surface area contributed by atoms with Gasteiger partial charge in [0.15, 0.2) is 0 Å². The number of likely N-dealkylation sites (tertiary alicyclic amines) is 1. The summed E-state index contributed by atoms with van der Waals surface area (Å²) >= 11 is 0. The molecule has 0 saturated carbocycles. The highest BCUT2D eigenvalue weighted by atomic mass is 15.2. The molecule has 0 unspecified atom stereocenters. The van der Waals surface area contributed by atoms with Crippen LogP contribution in [0.4, 0.5) is 5.69 Å². The van der Waals surface area contributed by atoms with Crippen molar-refractivity contribution in [2.24, 2.45) is 0 Å². The molecule has 0 bridgehead atoms. The zero-order valence-corrected chi connectivity index (χ0v) is 22.9. The molecule has 2 aliphatic heterocycles. The van der Waals surface area contributed by atoms with Gasteiger partial charge in [0.05, 0.1) is 23.1 Å². The Morgan fingerprint density at radius 2 is 1.54 bits per heavy atom. The van der Waals surface area contributed by atoms with E-state index < -0.39 is 0 Å². The van der Waals surface area contributed by atoms with Crippen molar-refractivity contribution in [1.29, 1.82) is 0 Å². The van der Waals surface area contributed by atoms with E-state index in [9.17, 15) is 0 Å². The Morgan fingerprint density at radius 3 is 2.33 bits per heavy atom. The molecule has 202 valence electrons. The van der Waals surface area contributed by atoms with Crippen molar-refractivity contribution in [1.82, 2.24) is 34.9 Å². The highest BCUT2D eigenvalue weighted by Crippen LogP contribution is 2.29. The summed E-state index contributed by atoms with van der Waals surface area (Å²) in [5.74, 6) is 0. The third kappa shape index (κ3) is 6.19. The number of H-pyrrole nitrogens is 1. The fourth-order valence-electron chi connectivity index (χ4n) is 5.67. The fourth-order valence-corrected chi connectivity index (χ4v) is 5.67. The highest BCUT2D eigenvalue weighted by Gasteiger charge is 2.16. The van der Waals surface area contributed by atoms with Crippen LogP contribution in [0.15, 0.2) is 61.7 Å². The van der Waals surface area contributed by atoms with Gasteiger partial charge in [-0.1, -0.05) is 19.1 Å². The number of pyridine rings is 2. The standard InChI is InChI=1S/C31H38N8/c1-23(34-28-15-25(18-33-20-28)22-39-12-10-37(2)11-13-39)31-29-16-26(6-7-30(29)35-36-31)27-14-24(17-32-19-27)21-38-8-4-3-5-9-38/h6-7,14-20,34H,1,3-5,8-13,21-22H2,2H3,(H,35,36). The minimum absolute atomic E-state index is 0.744. The Morgan fingerprint density at radius 1 is 0.821 bits per heavy atom. The Kier molecular flexibility index (Phi) is 7.67. The van der Waals surface area contributed by atoms with E-state index in [0.29, 0.717) is 0 Å². The van der Waals surface area contributed by atoms with Gasteiger partial charge >= 0.3 is 0 Å². The number of anilines is 1. The van der Waals surface area contributed by atoms with E-state index in [0.717, 1.165) is 78.4 Å². The smallest absolute Gasteiger partial charge is 0.116 e. The van der Waals surface area contributed by atoms with Crippen molar-refractivity contribution >= 4 is 22.3 Å². The molecule has 0 spiro atoms. The van der Waals surface area contributed by atoms with Gasteiger partial charge < -0.3 is 10.2 Å². The summed E-state index contributed by atoms with van der Waals surface area (Å²) in [6.07, 6.45) is 11.7. The maximum absolute atomic E-state index is 4.60. The molecule has 2 fully saturated rings. The maximum Gasteiger partial charge on any atom is 0.116 e. The summed E-state index contributed by atoms with van der Waals surface area (Å²) in [6.45, 7) is 12.9. The zero-order valence-electron chi connectivity index (χ0n) is 22.9. The second-order valence-electron chi connectivity index (χ2n) is 11.0. The summed E-state index contributed by atoms with van der Waals surface area (Å²) in [4.78, 5) is 16.4. The van der Waals surface area contributed by atoms with Crippen LogP contribution in [-0.4, -0.2) is 81.2 Å². The molecule has 4 aromatic rings. The number of fused-ring (bicyclic) bond motifs is 1. The Hall–Kier alpha value is -3.59. The van der Waals surface area contributed by atoms with E-state index in [1.165, 1.54) is 43.5 Å². The van der Waals surface area contributed by atoms with Crippen LogP contribution in [0.3, 0.4) is 0 Å². The van der Waals surface area contributed by atoms with Gasteiger partial charge in [-0.3, -0.25) is 24.9 Å². The molecule has 0 aliphatic carbocycles. The Balaban J connectivity index is 1.17. The molecule has 8 heteroatoms. The van der Waals surface area contributed by atoms with E-state index in [1.807, 2.05) is 24.8 Å². The molecule has 3 aromatic heterocycles. The molecule has 39 heavy (non-hydrogen) atoms. The summed E-state index contributed by atoms with van der Waals surface area (Å²) in [6, 6.07) is 10.8. The van der Waals surface area contributed by atoms with Crippen LogP contribution in [0.5, 0.6) is 0 Å². The minimum Gasteiger partial charge on any atom is -0.353 e. The van der Waals surface area contributed by atoms with E-state index >= 15 is 0 Å². The topological polar surface area (TPSA) is 76.2 Å². The summed E-state index contributed by atoms with van der Waals surface area (Å²) in [7, 11) is 2.18. The van der Waals surface area contributed by atoms with Gasteiger partial charge in [0.25, 0.3) is 0 Å². The minimum atomic E-state index is 0.744. The molecule has 1 aromatic carbocycles. The lowest BCUT2D eigenvalue weighted by molar-refractivity contribution is 0.148. The van der Waals surface area contributed by atoms with Crippen molar-refractivity contribution in [2.45, 2.75) is 32.4 Å². The van der Waals surface area contributed by atoms with Gasteiger partial charge in [-0.2, -0.15) is 5.10 Å². The Labute approximate surface area is 230 Å². The van der Waals surface area contributed by atoms with Crippen LogP contribution in [0.25, 0.3) is 27.7 Å². The van der Waals surface area contributed by atoms with Gasteiger partial charge in [0, 0.05) is 68.8 Å². The summed E-state index contributed by atoms with van der Waals surface area (Å²) in [5, 5.41) is 12.3. The molecular formula is C31H38N8. The van der Waals surface area contributed by atoms with Gasteiger partial charge in [0.2, 0.25) is 0 Å². The quantitative estimate of drug-likeness (QED) is 0.343. The van der Waals surface area contributed by atoms with Crippen molar-refractivity contribution < 1.29 is 0 Å². The van der Waals surface area contributed by atoms with Crippen molar-refractivity contribution in [3.8, 4) is 11.1 Å². The number of benzene rings is 1. The molecular weight excluding hydrogens is 484 g/mol. The number of nitrogens with one attached hydrogen (secondary N) is 2. The number of rotatable bonds is 8. The zero-order chi connectivity index (χ0) is 26.6. The second kappa shape index (κ2) is 11.7. The molecule has 0 atom stereocenters. The van der Waals surface area contributed by atoms with Crippen molar-refractivity contribution in [3.63, 3.8) is 0 Å². The molecule has 2 N–H and O–H groups in total. The van der Waals surface area contributed by atoms with E-state index in [-0.39, 0.29) is 0 Å². The third-order valence-corrected chi connectivity index (χ3v) is 7.92. The molecule has 6 rings (SSSR count). The number of aromatic nitrogens is 4. The molecule has 2 saturated heterocycles. The lowest BCUT2D eigenvalue weighted by Gasteiger charge is -2.32. The largest absolute Gasteiger partial charge is 0.353 e. The van der Waals surface area contributed by atoms with Crippen molar-refractivity contribution in [2.75, 3.05) is 51.6 Å². The first kappa shape index (κ1) is 25.7. The van der Waals surface area contributed by atoms with E-state index in [4.69, 9.17) is 0 Å². The molecule has 0 radical (unpaired) electrons. The van der Waals surface area contributed by atoms with Crippen LogP contribution in [-0.2, 0) is 13.1 Å². The normalized spacial score (nSPS) is 17.5. The first-order valence-electron chi connectivity index (χ1n) is 14.1. The van der Waals surface area contributed by atoms with Gasteiger partial charge in [-0.25, -0.2) is 0 Å². The maximum atomic E-state index is 4.60. The first-order valence-corrected chi connectivity index (χ1v) is 14.1. The average molecular weight is 523 g/mol. The van der Waals surface area contributed by atoms with Crippen molar-refractivity contribution in [3.05, 3.63) is 78.5 Å². The number of hydrogen-bond acceptors (Lipinski definition) is 7. The SMILES string of the molecule is C=C(Nc1cncc(CN2CCN(C)CC2)c1)c1n[nH]c2ccc(-c3cncc(CN4CCCCC4)c3)cc12. The molecule has 8 nitrogen and oxygen atoms in total. The van der Waals surface area contributed by atoms with Gasteiger partial charge in [0.1, 0.15) is 5.69 Å². The number of piperazine rings is 1. The van der Waals surface area contributed by atoms with Crippen LogP contribution in [0, 0.1) is 0 Å². The predicted octanol–water partition coefficient (Wildman–Crippen LogP) is 4.84. The van der Waals surface area contributed by atoms with Crippen LogP contribution in [0.1, 0.15) is 36.1 Å². The van der Waals surface area contributed by atoms with Crippen LogP contribution < -0.4 is 5.32 Å². The number of aromatic amines is 1. The monoisotopic (exact) mass is 522 g/mol. The first-order chi connectivity index (χ1) is 19.1. The number of hydrogen-bond donors (Lipinski definition) is 2. The average Bonchev–Trinajstić information content (AvgIpc) is 3.39. The van der Waals surface area contributed by atoms with E-state index in [2.05, 4.69) is 84.1 Å². The number of likely N-dealkylation sites (N-methyl/N-ethyl adjacent to an activating group) is 1. The lowest BCUT2D eigenvalue weighted by atomic mass is 10.0. The number of nitrogens with zero attached hydrogens (tertiary/aromatic N) is 6. The summed E-state index contributed by atoms with van der Waals surface area (Å²) < 4.78 is 0. The molecule has 2 aliphatic rings. The third-order valence-electron chi connectivity index (χ3n) is 7.92. The molecule has 0 amide bonds. The molecule has 5 heterocycles. The fraction of sp³-hybridized carbons (Fsp3) is 0.387. The van der Waals surface area contributed by atoms with E-state index in [1.54, 1.807) is 0 Å². The second-order valence-corrected chi connectivity index (χ2v) is 11.0. The van der Waals surface area contributed by atoms with Crippen LogP contribution >= 0.6 is 0 Å². The van der Waals surface area contributed by atoms with Gasteiger partial charge in [-0.05, 0) is 73.9 Å². The number of piperidine rings is 1. The Bertz CT molecular complexity index is 1430. The van der Waals surface area contributed by atoms with Crippen LogP contribution in [0.2, 0.25) is 0 Å². The summed E-state index contributed by atoms with van der Waals surface area (Å²) in [5.41, 5.74) is 8.17. The lowest BCUT2D eigenvalue weighted by Crippen LogP contribution is -2.43. The highest BCUT2D eigenvalue weighted by molar-refractivity contribution is 5.95. The predicted molar refractivity (Wildman–Crippen MR) is 158 cm³/mol. The van der Waals surface area contributed by atoms with Gasteiger partial charge in [-0.15, -0.1) is 0 Å².